The second-order valence-electron chi connectivity index (χ2n) is 10.1. The van der Waals surface area contributed by atoms with Crippen molar-refractivity contribution < 1.29 is 19.1 Å². The van der Waals surface area contributed by atoms with Crippen LogP contribution in [-0.2, 0) is 25.5 Å². The van der Waals surface area contributed by atoms with E-state index in [9.17, 15) is 9.59 Å². The van der Waals surface area contributed by atoms with Gasteiger partial charge in [0.05, 0.1) is 12.6 Å². The fourth-order valence-electron chi connectivity index (χ4n) is 5.10. The zero-order valence-corrected chi connectivity index (χ0v) is 21.9. The summed E-state index contributed by atoms with van der Waals surface area (Å²) in [6, 6.07) is 30.1. The topological polar surface area (TPSA) is 60.8 Å². The van der Waals surface area contributed by atoms with Gasteiger partial charge in [0.1, 0.15) is 5.72 Å². The summed E-state index contributed by atoms with van der Waals surface area (Å²) >= 11 is 0. The summed E-state index contributed by atoms with van der Waals surface area (Å²) in [6.45, 7) is 5.49. The summed E-state index contributed by atoms with van der Waals surface area (Å²) in [5, 5.41) is 0. The standard InChI is InChI=1S/C32H32N2O4/c1-23(35)38-30(31(36)34-29(22-37-32(34,2)3)20-24-10-6-4-7-11-24)27-18-19-33(21-27)28-16-14-26(15-17-28)25-12-8-5-9-13-25/h4-19,21,29-30H,20,22H2,1-3H3. The van der Waals surface area contributed by atoms with Crippen LogP contribution in [0.1, 0.15) is 38.0 Å². The third-order valence-electron chi connectivity index (χ3n) is 6.93. The maximum atomic E-state index is 14.0. The summed E-state index contributed by atoms with van der Waals surface area (Å²) in [7, 11) is 0. The van der Waals surface area contributed by atoms with E-state index in [2.05, 4.69) is 24.3 Å². The maximum absolute atomic E-state index is 14.0. The predicted octanol–water partition coefficient (Wildman–Crippen LogP) is 5.95. The number of nitrogens with zero attached hydrogens (tertiary/aromatic N) is 2. The molecule has 0 radical (unpaired) electrons. The second kappa shape index (κ2) is 10.7. The van der Waals surface area contributed by atoms with Gasteiger partial charge in [-0.25, -0.2) is 0 Å². The van der Waals surface area contributed by atoms with Crippen molar-refractivity contribution in [1.82, 2.24) is 9.47 Å². The average molecular weight is 509 g/mol. The summed E-state index contributed by atoms with van der Waals surface area (Å²) in [5.41, 5.74) is 4.11. The van der Waals surface area contributed by atoms with Gasteiger partial charge in [0.25, 0.3) is 5.91 Å². The van der Waals surface area contributed by atoms with Gasteiger partial charge in [0.2, 0.25) is 6.10 Å². The van der Waals surface area contributed by atoms with Crippen molar-refractivity contribution in [3.63, 3.8) is 0 Å². The van der Waals surface area contributed by atoms with Crippen LogP contribution in [0.4, 0.5) is 0 Å². The molecule has 0 spiro atoms. The van der Waals surface area contributed by atoms with E-state index in [0.29, 0.717) is 18.6 Å². The molecule has 1 aromatic heterocycles. The Balaban J connectivity index is 1.41. The van der Waals surface area contributed by atoms with Gasteiger partial charge in [-0.3, -0.25) is 9.59 Å². The SMILES string of the molecule is CC(=O)OC(C(=O)N1C(Cc2ccccc2)COC1(C)C)c1ccn(-c2ccc(-c3ccccc3)cc2)c1. The first-order valence-corrected chi connectivity index (χ1v) is 12.8. The van der Waals surface area contributed by atoms with Gasteiger partial charge in [-0.2, -0.15) is 0 Å². The fourth-order valence-corrected chi connectivity index (χ4v) is 5.10. The van der Waals surface area contributed by atoms with Crippen LogP contribution < -0.4 is 0 Å². The molecular weight excluding hydrogens is 476 g/mol. The largest absolute Gasteiger partial charge is 0.447 e. The Bertz CT molecular complexity index is 1390. The zero-order valence-electron chi connectivity index (χ0n) is 21.9. The molecule has 4 aromatic rings. The quantitative estimate of drug-likeness (QED) is 0.289. The second-order valence-corrected chi connectivity index (χ2v) is 10.1. The molecule has 38 heavy (non-hydrogen) atoms. The van der Waals surface area contributed by atoms with Crippen molar-refractivity contribution >= 4 is 11.9 Å². The van der Waals surface area contributed by atoms with Gasteiger partial charge in [-0.15, -0.1) is 0 Å². The lowest BCUT2D eigenvalue weighted by atomic mass is 10.0. The lowest BCUT2D eigenvalue weighted by Crippen LogP contribution is -2.51. The van der Waals surface area contributed by atoms with Gasteiger partial charge >= 0.3 is 5.97 Å². The smallest absolute Gasteiger partial charge is 0.303 e. The van der Waals surface area contributed by atoms with Crippen LogP contribution in [0.15, 0.2) is 103 Å². The van der Waals surface area contributed by atoms with Crippen LogP contribution in [0.5, 0.6) is 0 Å². The molecule has 0 N–H and O–H groups in total. The Labute approximate surface area is 223 Å². The summed E-state index contributed by atoms with van der Waals surface area (Å²) < 4.78 is 13.6. The van der Waals surface area contributed by atoms with Gasteiger partial charge < -0.3 is 18.9 Å². The highest BCUT2D eigenvalue weighted by atomic mass is 16.6. The van der Waals surface area contributed by atoms with E-state index in [1.165, 1.54) is 6.92 Å². The minimum absolute atomic E-state index is 0.175. The molecule has 3 aromatic carbocycles. The average Bonchev–Trinajstić information content (AvgIpc) is 3.52. The van der Waals surface area contributed by atoms with Crippen LogP contribution in [0.2, 0.25) is 0 Å². The molecule has 1 aliphatic heterocycles. The first-order chi connectivity index (χ1) is 18.3. The Morgan fingerprint density at radius 3 is 2.21 bits per heavy atom. The van der Waals surface area contributed by atoms with E-state index >= 15 is 0 Å². The molecule has 6 nitrogen and oxygen atoms in total. The van der Waals surface area contributed by atoms with Gasteiger partial charge in [-0.05, 0) is 55.2 Å². The Morgan fingerprint density at radius 1 is 0.921 bits per heavy atom. The van der Waals surface area contributed by atoms with Crippen LogP contribution in [-0.4, -0.2) is 39.7 Å². The van der Waals surface area contributed by atoms with E-state index < -0.39 is 17.8 Å². The molecule has 5 rings (SSSR count). The van der Waals surface area contributed by atoms with Crippen molar-refractivity contribution in [2.75, 3.05) is 6.61 Å². The van der Waals surface area contributed by atoms with E-state index in [4.69, 9.17) is 9.47 Å². The minimum Gasteiger partial charge on any atom is -0.447 e. The van der Waals surface area contributed by atoms with Crippen LogP contribution in [0.25, 0.3) is 16.8 Å². The molecule has 1 fully saturated rings. The van der Waals surface area contributed by atoms with Crippen molar-refractivity contribution in [1.29, 1.82) is 0 Å². The maximum Gasteiger partial charge on any atom is 0.303 e. The third-order valence-corrected chi connectivity index (χ3v) is 6.93. The van der Waals surface area contributed by atoms with Gasteiger partial charge in [-0.1, -0.05) is 72.8 Å². The van der Waals surface area contributed by atoms with E-state index in [1.807, 2.05) is 97.5 Å². The molecule has 1 aliphatic rings. The molecule has 0 bridgehead atoms. The number of rotatable bonds is 7. The molecule has 2 atom stereocenters. The van der Waals surface area contributed by atoms with Crippen LogP contribution in [0, 0.1) is 0 Å². The molecular formula is C32H32N2O4. The van der Waals surface area contributed by atoms with Gasteiger partial charge in [0.15, 0.2) is 0 Å². The first-order valence-electron chi connectivity index (χ1n) is 12.8. The normalized spacial score (nSPS) is 17.2. The number of amides is 1. The number of esters is 1. The van der Waals surface area contributed by atoms with Crippen LogP contribution in [0.3, 0.4) is 0 Å². The van der Waals surface area contributed by atoms with E-state index in [1.54, 1.807) is 4.90 Å². The predicted molar refractivity (Wildman–Crippen MR) is 147 cm³/mol. The highest BCUT2D eigenvalue weighted by Gasteiger charge is 2.47. The molecule has 2 unspecified atom stereocenters. The number of hydrogen-bond donors (Lipinski definition) is 0. The molecule has 1 saturated heterocycles. The number of hydrogen-bond acceptors (Lipinski definition) is 4. The van der Waals surface area contributed by atoms with Crippen molar-refractivity contribution in [3.05, 3.63) is 115 Å². The molecule has 0 saturated carbocycles. The van der Waals surface area contributed by atoms with E-state index in [-0.39, 0.29) is 11.9 Å². The highest BCUT2D eigenvalue weighted by molar-refractivity contribution is 5.85. The lowest BCUT2D eigenvalue weighted by molar-refractivity contribution is -0.167. The number of carbonyl (C=O) groups is 2. The van der Waals surface area contributed by atoms with Crippen molar-refractivity contribution in [3.8, 4) is 16.8 Å². The summed E-state index contributed by atoms with van der Waals surface area (Å²) in [6.07, 6.45) is 3.30. The summed E-state index contributed by atoms with van der Waals surface area (Å²) in [4.78, 5) is 27.8. The zero-order chi connectivity index (χ0) is 26.7. The third kappa shape index (κ3) is 5.41. The Morgan fingerprint density at radius 2 is 1.55 bits per heavy atom. The molecule has 2 heterocycles. The lowest BCUT2D eigenvalue weighted by Gasteiger charge is -2.36. The minimum atomic E-state index is -1.07. The van der Waals surface area contributed by atoms with Crippen LogP contribution >= 0.6 is 0 Å². The van der Waals surface area contributed by atoms with Gasteiger partial charge in [0, 0.05) is 30.6 Å². The van der Waals surface area contributed by atoms with Crippen molar-refractivity contribution in [2.24, 2.45) is 0 Å². The molecule has 6 heteroatoms. The number of carbonyl (C=O) groups excluding carboxylic acids is 2. The highest BCUT2D eigenvalue weighted by Crippen LogP contribution is 2.34. The van der Waals surface area contributed by atoms with E-state index in [0.717, 1.165) is 22.4 Å². The molecule has 194 valence electrons. The number of aromatic nitrogens is 1. The Hall–Kier alpha value is -4.16. The fraction of sp³-hybridized carbons (Fsp3) is 0.250. The molecule has 1 amide bonds. The monoisotopic (exact) mass is 508 g/mol. The summed E-state index contributed by atoms with van der Waals surface area (Å²) in [5.74, 6) is -0.804. The first kappa shape index (κ1) is 25.5. The number of benzene rings is 3. The molecule has 0 aliphatic carbocycles. The van der Waals surface area contributed by atoms with Crippen molar-refractivity contribution in [2.45, 2.75) is 45.1 Å². The number of ether oxygens (including phenoxy) is 2. The Kier molecular flexibility index (Phi) is 7.16.